The molecule has 0 unspecified atom stereocenters. The molecule has 2 aliphatic rings. The first kappa shape index (κ1) is 17.1. The molecule has 2 rings (SSSR count). The number of nitrogens with zero attached hydrogens (tertiary/aromatic N) is 1. The van der Waals surface area contributed by atoms with Crippen molar-refractivity contribution >= 4 is 11.9 Å². The number of likely N-dealkylation sites (tertiary alicyclic amines) is 1. The highest BCUT2D eigenvalue weighted by Gasteiger charge is 2.46. The van der Waals surface area contributed by atoms with Crippen LogP contribution in [0.2, 0.25) is 0 Å². The van der Waals surface area contributed by atoms with Crippen molar-refractivity contribution in [2.75, 3.05) is 26.7 Å². The Bertz CT molecular complexity index is 436. The third-order valence-electron chi connectivity index (χ3n) is 4.60. The molecule has 0 spiro atoms. The average molecular weight is 322 g/mol. The van der Waals surface area contributed by atoms with E-state index in [0.717, 1.165) is 6.42 Å². The number of rotatable bonds is 4. The van der Waals surface area contributed by atoms with Gasteiger partial charge in [0.25, 0.3) is 0 Å². The minimum atomic E-state index is -4.27. The number of piperidine rings is 1. The van der Waals surface area contributed by atoms with E-state index in [-0.39, 0.29) is 19.5 Å². The van der Waals surface area contributed by atoms with E-state index in [0.29, 0.717) is 25.8 Å². The van der Waals surface area contributed by atoms with Crippen LogP contribution in [-0.4, -0.2) is 55.2 Å². The van der Waals surface area contributed by atoms with Crippen molar-refractivity contribution in [3.8, 4) is 0 Å². The number of hydrogen-bond donors (Lipinski definition) is 1. The molecule has 1 aliphatic heterocycles. The largest absolute Gasteiger partial charge is 0.468 e. The van der Waals surface area contributed by atoms with E-state index in [9.17, 15) is 22.8 Å². The van der Waals surface area contributed by atoms with Crippen LogP contribution in [0.25, 0.3) is 0 Å². The molecule has 1 saturated carbocycles. The standard InChI is InChI=1S/C14H21F3N2O3/c1-22-12(21)13(5-3-6-13)18-8-11(20)19-7-2-4-10(9-19)14(15,16)17/h10,18H,2-9H2,1H3/t10-/m0/s1. The Morgan fingerprint density at radius 2 is 2.00 bits per heavy atom. The Hall–Kier alpha value is -1.31. The third kappa shape index (κ3) is 3.53. The predicted molar refractivity (Wildman–Crippen MR) is 72.0 cm³/mol. The lowest BCUT2D eigenvalue weighted by atomic mass is 9.76. The molecule has 8 heteroatoms. The van der Waals surface area contributed by atoms with Gasteiger partial charge in [0.15, 0.2) is 0 Å². The number of hydrogen-bond acceptors (Lipinski definition) is 4. The van der Waals surface area contributed by atoms with E-state index >= 15 is 0 Å². The summed E-state index contributed by atoms with van der Waals surface area (Å²) < 4.78 is 43.0. The summed E-state index contributed by atoms with van der Waals surface area (Å²) in [5.74, 6) is -2.27. The summed E-state index contributed by atoms with van der Waals surface area (Å²) in [5, 5.41) is 2.89. The third-order valence-corrected chi connectivity index (χ3v) is 4.60. The second-order valence-electron chi connectivity index (χ2n) is 6.00. The van der Waals surface area contributed by atoms with Gasteiger partial charge in [0, 0.05) is 13.1 Å². The molecule has 0 aromatic rings. The summed E-state index contributed by atoms with van der Waals surface area (Å²) in [5.41, 5.74) is -0.844. The molecular formula is C14H21F3N2O3. The molecule has 5 nitrogen and oxygen atoms in total. The molecule has 0 aromatic heterocycles. The normalized spacial score (nSPS) is 24.5. The van der Waals surface area contributed by atoms with Crippen molar-refractivity contribution in [2.24, 2.45) is 5.92 Å². The van der Waals surface area contributed by atoms with Gasteiger partial charge in [-0.3, -0.25) is 14.9 Å². The van der Waals surface area contributed by atoms with Crippen molar-refractivity contribution in [1.82, 2.24) is 10.2 Å². The molecule has 126 valence electrons. The molecule has 0 radical (unpaired) electrons. The molecule has 1 atom stereocenters. The SMILES string of the molecule is COC(=O)C1(NCC(=O)N2CCC[C@H](C(F)(F)F)C2)CCC1. The quantitative estimate of drug-likeness (QED) is 0.797. The van der Waals surface area contributed by atoms with Crippen LogP contribution in [0.3, 0.4) is 0 Å². The van der Waals surface area contributed by atoms with Crippen molar-refractivity contribution in [3.05, 3.63) is 0 Å². The number of alkyl halides is 3. The zero-order valence-electron chi connectivity index (χ0n) is 12.5. The van der Waals surface area contributed by atoms with Gasteiger partial charge in [0.2, 0.25) is 5.91 Å². The lowest BCUT2D eigenvalue weighted by molar-refractivity contribution is -0.188. The summed E-state index contributed by atoms with van der Waals surface area (Å²) in [6, 6.07) is 0. The number of carbonyl (C=O) groups is 2. The smallest absolute Gasteiger partial charge is 0.393 e. The van der Waals surface area contributed by atoms with Gasteiger partial charge in [0.05, 0.1) is 19.6 Å². The summed E-state index contributed by atoms with van der Waals surface area (Å²) in [7, 11) is 1.28. The monoisotopic (exact) mass is 322 g/mol. The Labute approximate surface area is 127 Å². The molecule has 1 saturated heterocycles. The zero-order valence-corrected chi connectivity index (χ0v) is 12.5. The van der Waals surface area contributed by atoms with Crippen molar-refractivity contribution in [3.63, 3.8) is 0 Å². The molecule has 1 amide bonds. The highest BCUT2D eigenvalue weighted by Crippen LogP contribution is 2.34. The Morgan fingerprint density at radius 1 is 1.32 bits per heavy atom. The molecule has 1 heterocycles. The van der Waals surface area contributed by atoms with E-state index in [1.807, 2.05) is 0 Å². The van der Waals surface area contributed by atoms with Gasteiger partial charge in [-0.2, -0.15) is 13.2 Å². The minimum absolute atomic E-state index is 0.0623. The maximum atomic E-state index is 12.8. The average Bonchev–Trinajstić information content (AvgIpc) is 2.44. The fourth-order valence-corrected chi connectivity index (χ4v) is 3.01. The van der Waals surface area contributed by atoms with Gasteiger partial charge in [-0.1, -0.05) is 0 Å². The molecule has 0 bridgehead atoms. The number of halogens is 3. The van der Waals surface area contributed by atoms with E-state index in [2.05, 4.69) is 5.32 Å². The first-order chi connectivity index (χ1) is 10.3. The first-order valence-electron chi connectivity index (χ1n) is 7.46. The maximum Gasteiger partial charge on any atom is 0.393 e. The Morgan fingerprint density at radius 3 is 2.50 bits per heavy atom. The summed E-state index contributed by atoms with van der Waals surface area (Å²) in [6.07, 6.45) is -1.84. The molecule has 1 N–H and O–H groups in total. The van der Waals surface area contributed by atoms with Crippen LogP contribution in [0.4, 0.5) is 13.2 Å². The molecular weight excluding hydrogens is 301 g/mol. The van der Waals surface area contributed by atoms with E-state index in [1.165, 1.54) is 12.0 Å². The summed E-state index contributed by atoms with van der Waals surface area (Å²) in [4.78, 5) is 25.1. The highest BCUT2D eigenvalue weighted by molar-refractivity contribution is 5.84. The van der Waals surface area contributed by atoms with Gasteiger partial charge in [-0.05, 0) is 32.1 Å². The van der Waals surface area contributed by atoms with Crippen LogP contribution in [-0.2, 0) is 14.3 Å². The topological polar surface area (TPSA) is 58.6 Å². The van der Waals surface area contributed by atoms with Crippen LogP contribution < -0.4 is 5.32 Å². The zero-order chi connectivity index (χ0) is 16.4. The molecule has 2 fully saturated rings. The van der Waals surface area contributed by atoms with Crippen molar-refractivity contribution < 1.29 is 27.5 Å². The second kappa shape index (κ2) is 6.44. The Kier molecular flexibility index (Phi) is 4.99. The van der Waals surface area contributed by atoms with Crippen molar-refractivity contribution in [2.45, 2.75) is 43.8 Å². The van der Waals surface area contributed by atoms with Gasteiger partial charge in [0.1, 0.15) is 5.54 Å². The maximum absolute atomic E-state index is 12.8. The number of methoxy groups -OCH3 is 1. The van der Waals surface area contributed by atoms with Crippen LogP contribution in [0.1, 0.15) is 32.1 Å². The predicted octanol–water partition coefficient (Wildman–Crippen LogP) is 1.47. The number of esters is 1. The van der Waals surface area contributed by atoms with E-state index in [1.54, 1.807) is 0 Å². The summed E-state index contributed by atoms with van der Waals surface area (Å²) in [6.45, 7) is -0.104. The summed E-state index contributed by atoms with van der Waals surface area (Å²) >= 11 is 0. The van der Waals surface area contributed by atoms with Crippen LogP contribution in [0.15, 0.2) is 0 Å². The van der Waals surface area contributed by atoms with Crippen LogP contribution >= 0.6 is 0 Å². The number of amides is 1. The lowest BCUT2D eigenvalue weighted by Gasteiger charge is -2.40. The lowest BCUT2D eigenvalue weighted by Crippen LogP contribution is -2.60. The van der Waals surface area contributed by atoms with Gasteiger partial charge < -0.3 is 9.64 Å². The first-order valence-corrected chi connectivity index (χ1v) is 7.46. The number of nitrogens with one attached hydrogen (secondary N) is 1. The van der Waals surface area contributed by atoms with Gasteiger partial charge in [-0.15, -0.1) is 0 Å². The van der Waals surface area contributed by atoms with Crippen molar-refractivity contribution in [1.29, 1.82) is 0 Å². The Balaban J connectivity index is 1.88. The fourth-order valence-electron chi connectivity index (χ4n) is 3.01. The molecule has 1 aliphatic carbocycles. The number of carbonyl (C=O) groups excluding carboxylic acids is 2. The molecule has 0 aromatic carbocycles. The van der Waals surface area contributed by atoms with E-state index < -0.39 is 29.5 Å². The van der Waals surface area contributed by atoms with Crippen LogP contribution in [0.5, 0.6) is 0 Å². The second-order valence-corrected chi connectivity index (χ2v) is 6.00. The fraction of sp³-hybridized carbons (Fsp3) is 0.857. The minimum Gasteiger partial charge on any atom is -0.468 e. The number of ether oxygens (including phenoxy) is 1. The molecule has 22 heavy (non-hydrogen) atoms. The van der Waals surface area contributed by atoms with Gasteiger partial charge in [-0.25, -0.2) is 0 Å². The highest BCUT2D eigenvalue weighted by atomic mass is 19.4. The van der Waals surface area contributed by atoms with Gasteiger partial charge >= 0.3 is 12.1 Å². The van der Waals surface area contributed by atoms with Crippen LogP contribution in [0, 0.1) is 5.92 Å². The van der Waals surface area contributed by atoms with E-state index in [4.69, 9.17) is 4.74 Å².